The van der Waals surface area contributed by atoms with Gasteiger partial charge < -0.3 is 15.4 Å². The number of nitrogens with one attached hydrogen (secondary N) is 3. The molecule has 6 nitrogen and oxygen atoms in total. The Morgan fingerprint density at radius 2 is 1.53 bits per heavy atom. The third-order valence-electron chi connectivity index (χ3n) is 5.41. The van der Waals surface area contributed by atoms with E-state index in [0.717, 1.165) is 6.42 Å². The molecule has 4 aromatic rings. The second kappa shape index (κ2) is 12.8. The molecule has 0 spiro atoms. The summed E-state index contributed by atoms with van der Waals surface area (Å²) in [6.07, 6.45) is 0.784. The average Bonchev–Trinajstić information content (AvgIpc) is 2.92. The quantitative estimate of drug-likeness (QED) is 0.220. The van der Waals surface area contributed by atoms with Gasteiger partial charge in [-0.1, -0.05) is 48.0 Å². The zero-order valence-electron chi connectivity index (χ0n) is 20.0. The number of rotatable bonds is 8. The Balaban J connectivity index is 1.28. The summed E-state index contributed by atoms with van der Waals surface area (Å²) in [6, 6.07) is 27.3. The first kappa shape index (κ1) is 26.8. The molecule has 4 rings (SSSR count). The van der Waals surface area contributed by atoms with Crippen molar-refractivity contribution in [1.29, 1.82) is 0 Å². The third kappa shape index (κ3) is 7.61. The minimum atomic E-state index is -0.575. The zero-order chi connectivity index (χ0) is 26.9. The molecule has 0 heterocycles. The van der Waals surface area contributed by atoms with Crippen molar-refractivity contribution in [3.05, 3.63) is 125 Å². The topological polar surface area (TPSA) is 79.5 Å². The van der Waals surface area contributed by atoms with E-state index in [1.807, 2.05) is 30.3 Å². The maximum Gasteiger partial charge on any atom is 0.257 e. The van der Waals surface area contributed by atoms with Crippen LogP contribution in [0.4, 0.5) is 15.8 Å². The predicted molar refractivity (Wildman–Crippen MR) is 152 cm³/mol. The molecule has 0 aliphatic heterocycles. The van der Waals surface area contributed by atoms with E-state index in [0.29, 0.717) is 34.9 Å². The second-order valence-electron chi connectivity index (χ2n) is 8.18. The Hall–Kier alpha value is -4.27. The fourth-order valence-electron chi connectivity index (χ4n) is 3.49. The van der Waals surface area contributed by atoms with Crippen LogP contribution in [0.25, 0.3) is 0 Å². The molecule has 0 bridgehead atoms. The van der Waals surface area contributed by atoms with E-state index in [-0.39, 0.29) is 16.0 Å². The Kier molecular flexibility index (Phi) is 9.02. The number of anilines is 2. The van der Waals surface area contributed by atoms with Crippen molar-refractivity contribution in [2.24, 2.45) is 0 Å². The molecule has 38 heavy (non-hydrogen) atoms. The molecule has 0 saturated heterocycles. The van der Waals surface area contributed by atoms with Gasteiger partial charge in [-0.05, 0) is 78.4 Å². The van der Waals surface area contributed by atoms with Gasteiger partial charge in [0.15, 0.2) is 5.11 Å². The maximum atomic E-state index is 13.3. The molecule has 2 amide bonds. The largest absolute Gasteiger partial charge is 0.493 e. The van der Waals surface area contributed by atoms with E-state index in [2.05, 4.69) is 16.0 Å². The van der Waals surface area contributed by atoms with Gasteiger partial charge in [-0.25, -0.2) is 4.39 Å². The van der Waals surface area contributed by atoms with Crippen LogP contribution in [0.5, 0.6) is 5.75 Å². The molecule has 192 valence electrons. The summed E-state index contributed by atoms with van der Waals surface area (Å²) in [5.74, 6) is -0.719. The number of benzene rings is 4. The number of carbonyl (C=O) groups is 2. The van der Waals surface area contributed by atoms with Crippen molar-refractivity contribution in [3.8, 4) is 5.75 Å². The molecule has 0 atom stereocenters. The Morgan fingerprint density at radius 1 is 0.789 bits per heavy atom. The third-order valence-corrected chi connectivity index (χ3v) is 5.90. The first-order chi connectivity index (χ1) is 18.4. The van der Waals surface area contributed by atoms with Crippen molar-refractivity contribution in [3.63, 3.8) is 0 Å². The Labute approximate surface area is 229 Å². The number of hydrogen-bond donors (Lipinski definition) is 3. The lowest BCUT2D eigenvalue weighted by Gasteiger charge is -2.12. The van der Waals surface area contributed by atoms with Gasteiger partial charge >= 0.3 is 0 Å². The normalized spacial score (nSPS) is 10.4. The monoisotopic (exact) mass is 547 g/mol. The zero-order valence-corrected chi connectivity index (χ0v) is 21.6. The van der Waals surface area contributed by atoms with Crippen LogP contribution in [-0.2, 0) is 6.42 Å². The van der Waals surface area contributed by atoms with Crippen LogP contribution in [-0.4, -0.2) is 23.5 Å². The molecule has 0 radical (unpaired) electrons. The minimum absolute atomic E-state index is 0.0704. The molecule has 0 aliphatic rings. The van der Waals surface area contributed by atoms with Gasteiger partial charge in [0.25, 0.3) is 11.8 Å². The number of hydrogen-bond acceptors (Lipinski definition) is 4. The highest BCUT2D eigenvalue weighted by Crippen LogP contribution is 2.20. The van der Waals surface area contributed by atoms with Crippen LogP contribution in [0.2, 0.25) is 5.02 Å². The van der Waals surface area contributed by atoms with E-state index in [4.69, 9.17) is 28.6 Å². The number of thiocarbonyl (C=S) groups is 1. The van der Waals surface area contributed by atoms with Gasteiger partial charge in [-0.3, -0.25) is 14.9 Å². The molecule has 0 fully saturated rings. The molecule has 0 unspecified atom stereocenters. The maximum absolute atomic E-state index is 13.3. The SMILES string of the molecule is O=C(NC(=S)Nc1cccc(C(=O)Nc2ccc(F)c(Cl)c2)c1)c1ccc(OCCc2ccccc2)cc1. The first-order valence-corrected chi connectivity index (χ1v) is 12.4. The molecule has 9 heteroatoms. The summed E-state index contributed by atoms with van der Waals surface area (Å²) in [5.41, 5.74) is 2.79. The van der Waals surface area contributed by atoms with Crippen molar-refractivity contribution < 1.29 is 18.7 Å². The molecule has 3 N–H and O–H groups in total. The lowest BCUT2D eigenvalue weighted by Crippen LogP contribution is -2.34. The molecular formula is C29H23ClFN3O3S. The van der Waals surface area contributed by atoms with Crippen molar-refractivity contribution >= 4 is 52.1 Å². The van der Waals surface area contributed by atoms with Gasteiger partial charge in [0, 0.05) is 28.9 Å². The van der Waals surface area contributed by atoms with Crippen LogP contribution in [0.15, 0.2) is 97.1 Å². The summed E-state index contributed by atoms with van der Waals surface area (Å²) >= 11 is 11.0. The smallest absolute Gasteiger partial charge is 0.257 e. The summed E-state index contributed by atoms with van der Waals surface area (Å²) in [7, 11) is 0. The van der Waals surface area contributed by atoms with Crippen molar-refractivity contribution in [2.45, 2.75) is 6.42 Å². The second-order valence-corrected chi connectivity index (χ2v) is 9.00. The van der Waals surface area contributed by atoms with Crippen molar-refractivity contribution in [2.75, 3.05) is 17.2 Å². The fraction of sp³-hybridized carbons (Fsp3) is 0.0690. The lowest BCUT2D eigenvalue weighted by atomic mass is 10.1. The Morgan fingerprint density at radius 3 is 2.26 bits per heavy atom. The highest BCUT2D eigenvalue weighted by molar-refractivity contribution is 7.80. The molecular weight excluding hydrogens is 525 g/mol. The summed E-state index contributed by atoms with van der Waals surface area (Å²) in [4.78, 5) is 25.2. The Bertz CT molecular complexity index is 1450. The lowest BCUT2D eigenvalue weighted by molar-refractivity contribution is 0.0976. The molecule has 0 saturated carbocycles. The number of carbonyl (C=O) groups excluding carboxylic acids is 2. The van der Waals surface area contributed by atoms with Gasteiger partial charge in [0.05, 0.1) is 11.6 Å². The number of ether oxygens (including phenoxy) is 1. The molecule has 0 aliphatic carbocycles. The highest BCUT2D eigenvalue weighted by Gasteiger charge is 2.11. The van der Waals surface area contributed by atoms with Crippen LogP contribution in [0.3, 0.4) is 0 Å². The fourth-order valence-corrected chi connectivity index (χ4v) is 3.88. The predicted octanol–water partition coefficient (Wildman–Crippen LogP) is 6.48. The van der Waals surface area contributed by atoms with E-state index < -0.39 is 11.7 Å². The average molecular weight is 548 g/mol. The number of amides is 2. The van der Waals surface area contributed by atoms with Crippen LogP contribution in [0.1, 0.15) is 26.3 Å². The van der Waals surface area contributed by atoms with Crippen LogP contribution >= 0.6 is 23.8 Å². The standard InChI is InChI=1S/C29H23ClFN3O3S/c30-25-18-23(11-14-26(25)31)32-28(36)21-7-4-8-22(17-21)33-29(38)34-27(35)20-9-12-24(13-10-20)37-16-15-19-5-2-1-3-6-19/h1-14,17-18H,15-16H2,(H,32,36)(H2,33,34,35,38). The summed E-state index contributed by atoms with van der Waals surface area (Å²) < 4.78 is 19.1. The highest BCUT2D eigenvalue weighted by atomic mass is 35.5. The molecule has 4 aromatic carbocycles. The van der Waals surface area contributed by atoms with Gasteiger partial charge in [-0.15, -0.1) is 0 Å². The summed E-state index contributed by atoms with van der Waals surface area (Å²) in [6.45, 7) is 0.526. The van der Waals surface area contributed by atoms with Gasteiger partial charge in [0.1, 0.15) is 11.6 Å². The molecule has 0 aromatic heterocycles. The van der Waals surface area contributed by atoms with Gasteiger partial charge in [-0.2, -0.15) is 0 Å². The first-order valence-electron chi connectivity index (χ1n) is 11.6. The summed E-state index contributed by atoms with van der Waals surface area (Å²) in [5, 5.41) is 8.15. The van der Waals surface area contributed by atoms with E-state index >= 15 is 0 Å². The minimum Gasteiger partial charge on any atom is -0.493 e. The van der Waals surface area contributed by atoms with Crippen LogP contribution in [0, 0.1) is 5.82 Å². The van der Waals surface area contributed by atoms with Crippen LogP contribution < -0.4 is 20.7 Å². The van der Waals surface area contributed by atoms with E-state index in [1.165, 1.54) is 23.8 Å². The van der Waals surface area contributed by atoms with E-state index in [9.17, 15) is 14.0 Å². The van der Waals surface area contributed by atoms with Crippen molar-refractivity contribution in [1.82, 2.24) is 5.32 Å². The number of halogens is 2. The van der Waals surface area contributed by atoms with E-state index in [1.54, 1.807) is 48.5 Å². The van der Waals surface area contributed by atoms with Gasteiger partial charge in [0.2, 0.25) is 0 Å².